The number of nitrogens with two attached hydrogens (primary N) is 1. The molecule has 0 saturated carbocycles. The molecule has 0 saturated heterocycles. The number of fused-ring (bicyclic) bond motifs is 1. The van der Waals surface area contributed by atoms with Gasteiger partial charge in [-0.1, -0.05) is 35.9 Å². The lowest BCUT2D eigenvalue weighted by Crippen LogP contribution is -2.29. The summed E-state index contributed by atoms with van der Waals surface area (Å²) in [5.41, 5.74) is 4.97. The van der Waals surface area contributed by atoms with Gasteiger partial charge in [0.2, 0.25) is 0 Å². The zero-order valence-electron chi connectivity index (χ0n) is 11.1. The Morgan fingerprint density at radius 1 is 1.10 bits per heavy atom. The van der Waals surface area contributed by atoms with Gasteiger partial charge in [-0.3, -0.25) is 10.8 Å². The maximum Gasteiger partial charge on any atom is 0.0741 e. The molecule has 3 rings (SSSR count). The first-order chi connectivity index (χ1) is 10.2. The standard InChI is InChI=1S/C16H13ClIN3/c17-11-5-6-15(18)13(7-11)16(21-19)14-9-20-8-10-3-1-2-4-12(10)14/h1-9,16,21H,19H2. The van der Waals surface area contributed by atoms with Crippen LogP contribution in [-0.2, 0) is 0 Å². The van der Waals surface area contributed by atoms with Gasteiger partial charge in [-0.15, -0.1) is 0 Å². The van der Waals surface area contributed by atoms with Crippen molar-refractivity contribution in [3.05, 3.63) is 74.6 Å². The maximum atomic E-state index is 6.14. The summed E-state index contributed by atoms with van der Waals surface area (Å²) >= 11 is 8.43. The van der Waals surface area contributed by atoms with E-state index in [4.69, 9.17) is 17.4 Å². The highest BCUT2D eigenvalue weighted by Crippen LogP contribution is 2.31. The van der Waals surface area contributed by atoms with Crippen molar-refractivity contribution < 1.29 is 0 Å². The number of rotatable bonds is 3. The highest BCUT2D eigenvalue weighted by atomic mass is 127. The number of nitrogens with one attached hydrogen (secondary N) is 1. The van der Waals surface area contributed by atoms with Gasteiger partial charge >= 0.3 is 0 Å². The summed E-state index contributed by atoms with van der Waals surface area (Å²) in [7, 11) is 0. The van der Waals surface area contributed by atoms with Crippen molar-refractivity contribution in [3.8, 4) is 0 Å². The fraction of sp³-hybridized carbons (Fsp3) is 0.0625. The molecule has 1 aromatic heterocycles. The third-order valence-corrected chi connectivity index (χ3v) is 4.66. The molecular formula is C16H13ClIN3. The Morgan fingerprint density at radius 3 is 2.71 bits per heavy atom. The zero-order chi connectivity index (χ0) is 14.8. The molecule has 1 unspecified atom stereocenters. The van der Waals surface area contributed by atoms with Gasteiger partial charge in [0.05, 0.1) is 6.04 Å². The van der Waals surface area contributed by atoms with Crippen LogP contribution >= 0.6 is 34.2 Å². The molecule has 0 spiro atoms. The third-order valence-electron chi connectivity index (χ3n) is 3.45. The highest BCUT2D eigenvalue weighted by Gasteiger charge is 2.18. The second kappa shape index (κ2) is 6.27. The lowest BCUT2D eigenvalue weighted by Gasteiger charge is -2.20. The van der Waals surface area contributed by atoms with Crippen LogP contribution in [-0.4, -0.2) is 4.98 Å². The number of nitrogens with zero attached hydrogens (tertiary/aromatic N) is 1. The van der Waals surface area contributed by atoms with E-state index < -0.39 is 0 Å². The van der Waals surface area contributed by atoms with Crippen LogP contribution in [0.3, 0.4) is 0 Å². The molecule has 3 nitrogen and oxygen atoms in total. The van der Waals surface area contributed by atoms with E-state index in [0.29, 0.717) is 5.02 Å². The van der Waals surface area contributed by atoms with E-state index in [-0.39, 0.29) is 6.04 Å². The fourth-order valence-corrected chi connectivity index (χ4v) is 3.28. The monoisotopic (exact) mass is 409 g/mol. The van der Waals surface area contributed by atoms with E-state index in [1.807, 2.05) is 48.8 Å². The Balaban J connectivity index is 2.21. The number of hydrogen-bond acceptors (Lipinski definition) is 3. The van der Waals surface area contributed by atoms with Crippen LogP contribution in [0.15, 0.2) is 54.9 Å². The van der Waals surface area contributed by atoms with E-state index in [9.17, 15) is 0 Å². The second-order valence-corrected chi connectivity index (χ2v) is 6.31. The molecule has 3 aromatic rings. The zero-order valence-corrected chi connectivity index (χ0v) is 14.0. The van der Waals surface area contributed by atoms with Crippen molar-refractivity contribution in [1.29, 1.82) is 0 Å². The van der Waals surface area contributed by atoms with E-state index in [0.717, 1.165) is 25.5 Å². The molecule has 3 N–H and O–H groups in total. The van der Waals surface area contributed by atoms with Crippen LogP contribution in [0.1, 0.15) is 17.2 Å². The van der Waals surface area contributed by atoms with Crippen molar-refractivity contribution in [2.24, 2.45) is 5.84 Å². The van der Waals surface area contributed by atoms with Gasteiger partial charge in [0.1, 0.15) is 0 Å². The normalized spacial score (nSPS) is 12.5. The Morgan fingerprint density at radius 2 is 1.90 bits per heavy atom. The van der Waals surface area contributed by atoms with Crippen LogP contribution in [0.25, 0.3) is 10.8 Å². The Labute approximate surface area is 141 Å². The molecule has 5 heteroatoms. The summed E-state index contributed by atoms with van der Waals surface area (Å²) in [5.74, 6) is 5.82. The largest absolute Gasteiger partial charge is 0.271 e. The van der Waals surface area contributed by atoms with Gasteiger partial charge in [-0.2, -0.15) is 0 Å². The van der Waals surface area contributed by atoms with Crippen molar-refractivity contribution in [1.82, 2.24) is 10.4 Å². The van der Waals surface area contributed by atoms with Gasteiger partial charge < -0.3 is 0 Å². The van der Waals surface area contributed by atoms with Gasteiger partial charge in [-0.25, -0.2) is 5.43 Å². The Hall–Kier alpha value is -1.21. The second-order valence-electron chi connectivity index (χ2n) is 4.72. The van der Waals surface area contributed by atoms with E-state index >= 15 is 0 Å². The quantitative estimate of drug-likeness (QED) is 0.390. The van der Waals surface area contributed by atoms with Crippen molar-refractivity contribution in [2.45, 2.75) is 6.04 Å². The molecule has 21 heavy (non-hydrogen) atoms. The molecular weight excluding hydrogens is 397 g/mol. The number of aromatic nitrogens is 1. The topological polar surface area (TPSA) is 50.9 Å². The summed E-state index contributed by atoms with van der Waals surface area (Å²) in [6.07, 6.45) is 3.71. The van der Waals surface area contributed by atoms with Crippen LogP contribution in [0.2, 0.25) is 5.02 Å². The molecule has 0 radical (unpaired) electrons. The van der Waals surface area contributed by atoms with E-state index in [2.05, 4.69) is 39.1 Å². The summed E-state index contributed by atoms with van der Waals surface area (Å²) < 4.78 is 1.10. The van der Waals surface area contributed by atoms with Crippen molar-refractivity contribution in [2.75, 3.05) is 0 Å². The number of hydrogen-bond donors (Lipinski definition) is 2. The summed E-state index contributed by atoms with van der Waals surface area (Å²) in [5, 5.41) is 2.91. The highest BCUT2D eigenvalue weighted by molar-refractivity contribution is 14.1. The summed E-state index contributed by atoms with van der Waals surface area (Å²) in [4.78, 5) is 4.33. The molecule has 2 aromatic carbocycles. The molecule has 0 aliphatic carbocycles. The number of halogens is 2. The third kappa shape index (κ3) is 2.89. The SMILES string of the molecule is NNC(c1cc(Cl)ccc1I)c1cncc2ccccc12. The van der Waals surface area contributed by atoms with Gasteiger partial charge in [0.15, 0.2) is 0 Å². The molecule has 0 aliphatic heterocycles. The lowest BCUT2D eigenvalue weighted by atomic mass is 9.96. The average molecular weight is 410 g/mol. The number of pyridine rings is 1. The first-order valence-electron chi connectivity index (χ1n) is 6.44. The minimum Gasteiger partial charge on any atom is -0.271 e. The van der Waals surface area contributed by atoms with Crippen molar-refractivity contribution >= 4 is 45.0 Å². The van der Waals surface area contributed by atoms with Crippen molar-refractivity contribution in [3.63, 3.8) is 0 Å². The Bertz CT molecular complexity index is 786. The predicted octanol–water partition coefficient (Wildman–Crippen LogP) is 4.05. The van der Waals surface area contributed by atoms with E-state index in [1.165, 1.54) is 0 Å². The number of hydrazine groups is 1. The smallest absolute Gasteiger partial charge is 0.0741 e. The first-order valence-corrected chi connectivity index (χ1v) is 7.90. The van der Waals surface area contributed by atoms with Crippen LogP contribution in [0, 0.1) is 3.57 Å². The minimum atomic E-state index is -0.158. The van der Waals surface area contributed by atoms with Crippen LogP contribution in [0.5, 0.6) is 0 Å². The van der Waals surface area contributed by atoms with E-state index in [1.54, 1.807) is 0 Å². The average Bonchev–Trinajstić information content (AvgIpc) is 2.51. The maximum absolute atomic E-state index is 6.14. The first kappa shape index (κ1) is 14.7. The minimum absolute atomic E-state index is 0.158. The molecule has 1 heterocycles. The molecule has 0 amide bonds. The number of benzene rings is 2. The summed E-state index contributed by atoms with van der Waals surface area (Å²) in [6.45, 7) is 0. The molecule has 0 bridgehead atoms. The lowest BCUT2D eigenvalue weighted by molar-refractivity contribution is 0.636. The molecule has 0 aliphatic rings. The molecule has 106 valence electrons. The molecule has 1 atom stereocenters. The predicted molar refractivity (Wildman–Crippen MR) is 95.1 cm³/mol. The molecule has 0 fully saturated rings. The fourth-order valence-electron chi connectivity index (χ4n) is 2.45. The van der Waals surface area contributed by atoms with Gasteiger partial charge in [-0.05, 0) is 51.7 Å². The van der Waals surface area contributed by atoms with Crippen LogP contribution in [0.4, 0.5) is 0 Å². The van der Waals surface area contributed by atoms with Gasteiger partial charge in [0.25, 0.3) is 0 Å². The van der Waals surface area contributed by atoms with Crippen LogP contribution < -0.4 is 11.3 Å². The Kier molecular flexibility index (Phi) is 4.40. The van der Waals surface area contributed by atoms with Gasteiger partial charge in [0, 0.05) is 31.9 Å². The summed E-state index contributed by atoms with van der Waals surface area (Å²) in [6, 6.07) is 13.8.